The van der Waals surface area contributed by atoms with Gasteiger partial charge in [-0.2, -0.15) is 5.26 Å². The molecule has 4 nitrogen and oxygen atoms in total. The average molecular weight is 278 g/mol. The molecule has 0 saturated heterocycles. The number of methoxy groups -OCH3 is 1. The first-order valence-electron chi connectivity index (χ1n) is 6.55. The Bertz CT molecular complexity index is 482. The van der Waals surface area contributed by atoms with Crippen molar-refractivity contribution in [3.63, 3.8) is 0 Å². The first kappa shape index (κ1) is 13.9. The summed E-state index contributed by atoms with van der Waals surface area (Å²) in [7, 11) is 1.58. The van der Waals surface area contributed by atoms with E-state index >= 15 is 0 Å². The molecule has 1 aromatic heterocycles. The van der Waals surface area contributed by atoms with Crippen LogP contribution in [-0.4, -0.2) is 18.6 Å². The Labute approximate surface area is 117 Å². The molecule has 1 fully saturated rings. The molecule has 0 atom stereocenters. The molecular weight excluding hydrogens is 260 g/mol. The van der Waals surface area contributed by atoms with Crippen LogP contribution < -0.4 is 10.1 Å². The van der Waals surface area contributed by atoms with Gasteiger partial charge in [-0.15, -0.1) is 11.3 Å². The zero-order valence-electron chi connectivity index (χ0n) is 11.1. The van der Waals surface area contributed by atoms with Gasteiger partial charge in [0.15, 0.2) is 0 Å². The van der Waals surface area contributed by atoms with Gasteiger partial charge in [0.1, 0.15) is 11.3 Å². The van der Waals surface area contributed by atoms with Crippen molar-refractivity contribution in [1.29, 1.82) is 5.26 Å². The average Bonchev–Trinajstić information content (AvgIpc) is 2.80. The summed E-state index contributed by atoms with van der Waals surface area (Å²) in [6.07, 6.45) is 5.79. The van der Waals surface area contributed by atoms with Crippen LogP contribution >= 0.6 is 11.3 Å². The molecular formula is C14H18N2O2S. The van der Waals surface area contributed by atoms with E-state index in [0.717, 1.165) is 38.5 Å². The van der Waals surface area contributed by atoms with Crippen LogP contribution in [0, 0.1) is 11.3 Å². The SMILES string of the molecule is COc1csc(C(=O)NC2(C#N)CCCCCC2)c1. The van der Waals surface area contributed by atoms with Crippen LogP contribution in [0.15, 0.2) is 11.4 Å². The lowest BCUT2D eigenvalue weighted by Gasteiger charge is -2.25. The fourth-order valence-electron chi connectivity index (χ4n) is 2.42. The number of rotatable bonds is 3. The van der Waals surface area contributed by atoms with Crippen molar-refractivity contribution in [1.82, 2.24) is 5.32 Å². The van der Waals surface area contributed by atoms with Gasteiger partial charge in [0.2, 0.25) is 0 Å². The van der Waals surface area contributed by atoms with Crippen LogP contribution in [0.3, 0.4) is 0 Å². The molecule has 1 aliphatic carbocycles. The van der Waals surface area contributed by atoms with E-state index < -0.39 is 5.54 Å². The van der Waals surface area contributed by atoms with Gasteiger partial charge in [0.05, 0.1) is 18.1 Å². The van der Waals surface area contributed by atoms with Crippen LogP contribution in [0.5, 0.6) is 5.75 Å². The van der Waals surface area contributed by atoms with Crippen LogP contribution in [0.25, 0.3) is 0 Å². The first-order chi connectivity index (χ1) is 9.19. The molecule has 19 heavy (non-hydrogen) atoms. The van der Waals surface area contributed by atoms with E-state index in [4.69, 9.17) is 4.74 Å². The molecule has 1 aromatic rings. The monoisotopic (exact) mass is 278 g/mol. The molecule has 0 bridgehead atoms. The minimum absolute atomic E-state index is 0.170. The lowest BCUT2D eigenvalue weighted by atomic mass is 9.92. The summed E-state index contributed by atoms with van der Waals surface area (Å²) in [6, 6.07) is 4.03. The number of carbonyl (C=O) groups is 1. The summed E-state index contributed by atoms with van der Waals surface area (Å²) in [5, 5.41) is 14.2. The summed E-state index contributed by atoms with van der Waals surface area (Å²) in [5.41, 5.74) is -0.690. The number of carbonyl (C=O) groups excluding carboxylic acids is 1. The predicted molar refractivity (Wildman–Crippen MR) is 74.4 cm³/mol. The Hall–Kier alpha value is -1.54. The Morgan fingerprint density at radius 2 is 2.11 bits per heavy atom. The van der Waals surface area contributed by atoms with Crippen LogP contribution in [0.1, 0.15) is 48.2 Å². The van der Waals surface area contributed by atoms with Crippen LogP contribution in [0.2, 0.25) is 0 Å². The summed E-state index contributed by atoms with van der Waals surface area (Å²) in [5.74, 6) is 0.513. The highest BCUT2D eigenvalue weighted by molar-refractivity contribution is 7.12. The Balaban J connectivity index is 2.09. The van der Waals surface area contributed by atoms with E-state index in [1.807, 2.05) is 0 Å². The molecule has 0 radical (unpaired) electrons. The highest BCUT2D eigenvalue weighted by Crippen LogP contribution is 2.28. The largest absolute Gasteiger partial charge is 0.496 e. The smallest absolute Gasteiger partial charge is 0.262 e. The fraction of sp³-hybridized carbons (Fsp3) is 0.571. The van der Waals surface area contributed by atoms with Crippen molar-refractivity contribution in [2.45, 2.75) is 44.1 Å². The topological polar surface area (TPSA) is 62.1 Å². The van der Waals surface area contributed by atoms with Gasteiger partial charge in [-0.05, 0) is 12.8 Å². The maximum Gasteiger partial charge on any atom is 0.262 e. The maximum absolute atomic E-state index is 12.2. The number of hydrogen-bond acceptors (Lipinski definition) is 4. The van der Waals surface area contributed by atoms with Gasteiger partial charge in [-0.3, -0.25) is 4.79 Å². The van der Waals surface area contributed by atoms with Crippen LogP contribution in [-0.2, 0) is 0 Å². The second kappa shape index (κ2) is 6.07. The van der Waals surface area contributed by atoms with Gasteiger partial charge in [0, 0.05) is 11.4 Å². The molecule has 2 rings (SSSR count). The van der Waals surface area contributed by atoms with Gasteiger partial charge >= 0.3 is 0 Å². The minimum Gasteiger partial charge on any atom is -0.496 e. The third-order valence-corrected chi connectivity index (χ3v) is 4.47. The molecule has 0 spiro atoms. The Morgan fingerprint density at radius 3 is 2.63 bits per heavy atom. The zero-order valence-corrected chi connectivity index (χ0v) is 11.9. The Morgan fingerprint density at radius 1 is 1.42 bits per heavy atom. The number of nitrogens with zero attached hydrogens (tertiary/aromatic N) is 1. The molecule has 1 amide bonds. The van der Waals surface area contributed by atoms with E-state index in [2.05, 4.69) is 11.4 Å². The quantitative estimate of drug-likeness (QED) is 0.864. The molecule has 5 heteroatoms. The number of nitrogens with one attached hydrogen (secondary N) is 1. The van der Waals surface area contributed by atoms with Crippen LogP contribution in [0.4, 0.5) is 0 Å². The van der Waals surface area contributed by atoms with Crippen molar-refractivity contribution in [3.05, 3.63) is 16.3 Å². The molecule has 0 aromatic carbocycles. The second-order valence-corrected chi connectivity index (χ2v) is 5.82. The van der Waals surface area contributed by atoms with E-state index in [-0.39, 0.29) is 5.91 Å². The van der Waals surface area contributed by atoms with Gasteiger partial charge in [-0.1, -0.05) is 25.7 Å². The standard InChI is InChI=1S/C14H18N2O2S/c1-18-11-8-12(19-9-11)13(17)16-14(10-15)6-4-2-3-5-7-14/h8-9H,2-7H2,1H3,(H,16,17). The van der Waals surface area contributed by atoms with Crippen molar-refractivity contribution >= 4 is 17.2 Å². The highest BCUT2D eigenvalue weighted by atomic mass is 32.1. The number of hydrogen-bond donors (Lipinski definition) is 1. The van der Waals surface area contributed by atoms with Crippen molar-refractivity contribution in [2.75, 3.05) is 7.11 Å². The number of nitriles is 1. The molecule has 1 aliphatic rings. The van der Waals surface area contributed by atoms with E-state index in [0.29, 0.717) is 10.6 Å². The van der Waals surface area contributed by atoms with Crippen molar-refractivity contribution in [2.24, 2.45) is 0 Å². The normalized spacial score (nSPS) is 18.1. The molecule has 1 heterocycles. The van der Waals surface area contributed by atoms with E-state index in [1.54, 1.807) is 18.6 Å². The lowest BCUT2D eigenvalue weighted by Crippen LogP contribution is -2.46. The maximum atomic E-state index is 12.2. The third kappa shape index (κ3) is 3.27. The van der Waals surface area contributed by atoms with E-state index in [9.17, 15) is 10.1 Å². The molecule has 102 valence electrons. The first-order valence-corrected chi connectivity index (χ1v) is 7.43. The zero-order chi connectivity index (χ0) is 13.7. The fourth-order valence-corrected chi connectivity index (χ4v) is 3.17. The predicted octanol–water partition coefficient (Wildman–Crippen LogP) is 3.10. The summed E-state index contributed by atoms with van der Waals surface area (Å²) >= 11 is 1.34. The summed E-state index contributed by atoms with van der Waals surface area (Å²) < 4.78 is 5.07. The molecule has 0 unspecified atom stereocenters. The van der Waals surface area contributed by atoms with Gasteiger partial charge in [-0.25, -0.2) is 0 Å². The van der Waals surface area contributed by atoms with Gasteiger partial charge < -0.3 is 10.1 Å². The van der Waals surface area contributed by atoms with E-state index in [1.165, 1.54) is 11.3 Å². The molecule has 1 saturated carbocycles. The van der Waals surface area contributed by atoms with Crippen molar-refractivity contribution in [3.8, 4) is 11.8 Å². The lowest BCUT2D eigenvalue weighted by molar-refractivity contribution is 0.0917. The number of ether oxygens (including phenoxy) is 1. The second-order valence-electron chi connectivity index (χ2n) is 4.91. The van der Waals surface area contributed by atoms with Crippen molar-refractivity contribution < 1.29 is 9.53 Å². The Kier molecular flexibility index (Phi) is 4.43. The number of amides is 1. The summed E-state index contributed by atoms with van der Waals surface area (Å²) in [6.45, 7) is 0. The summed E-state index contributed by atoms with van der Waals surface area (Å²) in [4.78, 5) is 12.8. The molecule has 0 aliphatic heterocycles. The van der Waals surface area contributed by atoms with Gasteiger partial charge in [0.25, 0.3) is 5.91 Å². The minimum atomic E-state index is -0.690. The molecule has 1 N–H and O–H groups in total. The highest BCUT2D eigenvalue weighted by Gasteiger charge is 2.33. The third-order valence-electron chi connectivity index (χ3n) is 3.56. The number of thiophene rings is 1.